The van der Waals surface area contributed by atoms with Crippen molar-refractivity contribution in [3.05, 3.63) is 42.2 Å². The zero-order valence-electron chi connectivity index (χ0n) is 11.6. The molecular formula is C14H16N4O3. The van der Waals surface area contributed by atoms with E-state index >= 15 is 0 Å². The number of anilines is 1. The molecule has 1 aromatic heterocycles. The largest absolute Gasteiger partial charge is 0.481 e. The number of aromatic nitrogens is 3. The number of amides is 1. The molecule has 2 aromatic rings. The number of carbonyl (C=O) groups excluding carboxylic acids is 1. The number of hydrogen-bond acceptors (Lipinski definition) is 4. The number of carbonyl (C=O) groups is 2. The van der Waals surface area contributed by atoms with Crippen molar-refractivity contribution in [1.29, 1.82) is 0 Å². The lowest BCUT2D eigenvalue weighted by Crippen LogP contribution is -2.34. The molecule has 2 rings (SSSR count). The summed E-state index contributed by atoms with van der Waals surface area (Å²) < 4.78 is 1.32. The monoisotopic (exact) mass is 288 g/mol. The van der Waals surface area contributed by atoms with Crippen molar-refractivity contribution >= 4 is 17.6 Å². The van der Waals surface area contributed by atoms with Gasteiger partial charge in [-0.3, -0.25) is 9.59 Å². The predicted molar refractivity (Wildman–Crippen MR) is 75.8 cm³/mol. The summed E-state index contributed by atoms with van der Waals surface area (Å²) in [5.74, 6) is -1.15. The van der Waals surface area contributed by atoms with Crippen molar-refractivity contribution in [3.8, 4) is 0 Å². The first-order chi connectivity index (χ1) is 10.1. The molecule has 0 radical (unpaired) electrons. The molecule has 110 valence electrons. The highest BCUT2D eigenvalue weighted by atomic mass is 16.4. The third-order valence-corrected chi connectivity index (χ3v) is 3.00. The Labute approximate surface area is 121 Å². The van der Waals surface area contributed by atoms with Crippen LogP contribution in [0.4, 0.5) is 5.69 Å². The van der Waals surface area contributed by atoms with Crippen molar-refractivity contribution in [1.82, 2.24) is 15.0 Å². The molecule has 1 N–H and O–H groups in total. The topological polar surface area (TPSA) is 88.3 Å². The minimum atomic E-state index is -0.985. The van der Waals surface area contributed by atoms with Crippen molar-refractivity contribution in [3.63, 3.8) is 0 Å². The number of likely N-dealkylation sites (N-methyl/N-ethyl adjacent to an activating group) is 1. The molecule has 0 spiro atoms. The van der Waals surface area contributed by atoms with Gasteiger partial charge >= 0.3 is 5.97 Å². The van der Waals surface area contributed by atoms with Crippen LogP contribution in [-0.4, -0.2) is 38.5 Å². The zero-order chi connectivity index (χ0) is 15.2. The molecule has 0 saturated carbocycles. The van der Waals surface area contributed by atoms with E-state index in [2.05, 4.69) is 10.3 Å². The second-order valence-electron chi connectivity index (χ2n) is 4.43. The molecule has 0 atom stereocenters. The van der Waals surface area contributed by atoms with Crippen LogP contribution in [0.1, 0.15) is 12.6 Å². The number of carboxylic acid groups (broad SMARTS) is 1. The van der Waals surface area contributed by atoms with Crippen LogP contribution < -0.4 is 4.90 Å². The second-order valence-corrected chi connectivity index (χ2v) is 4.43. The molecule has 7 nitrogen and oxygen atoms in total. The molecule has 1 amide bonds. The van der Waals surface area contributed by atoms with Crippen LogP contribution in [0.15, 0.2) is 36.5 Å². The third kappa shape index (κ3) is 3.65. The normalized spacial score (nSPS) is 10.3. The number of nitrogens with zero attached hydrogens (tertiary/aromatic N) is 4. The van der Waals surface area contributed by atoms with Gasteiger partial charge in [0.15, 0.2) is 0 Å². The van der Waals surface area contributed by atoms with Gasteiger partial charge in [-0.15, -0.1) is 5.10 Å². The molecule has 0 aliphatic rings. The van der Waals surface area contributed by atoms with Gasteiger partial charge < -0.3 is 10.0 Å². The first-order valence-corrected chi connectivity index (χ1v) is 6.56. The Morgan fingerprint density at radius 2 is 2.00 bits per heavy atom. The van der Waals surface area contributed by atoms with Crippen molar-refractivity contribution in [2.45, 2.75) is 19.9 Å². The van der Waals surface area contributed by atoms with Crippen LogP contribution in [0.25, 0.3) is 0 Å². The van der Waals surface area contributed by atoms with E-state index in [1.165, 1.54) is 10.9 Å². The molecule has 0 fully saturated rings. The van der Waals surface area contributed by atoms with E-state index in [1.54, 1.807) is 4.90 Å². The van der Waals surface area contributed by atoms with Gasteiger partial charge in [-0.05, 0) is 19.1 Å². The fraction of sp³-hybridized carbons (Fsp3) is 0.286. The summed E-state index contributed by atoms with van der Waals surface area (Å²) >= 11 is 0. The number of aliphatic carboxylic acids is 1. The van der Waals surface area contributed by atoms with Gasteiger partial charge in [0.1, 0.15) is 6.54 Å². The highest BCUT2D eigenvalue weighted by molar-refractivity contribution is 5.93. The minimum Gasteiger partial charge on any atom is -0.481 e. The minimum absolute atomic E-state index is 0.0364. The molecule has 0 saturated heterocycles. The molecule has 21 heavy (non-hydrogen) atoms. The Morgan fingerprint density at radius 1 is 1.29 bits per heavy atom. The highest BCUT2D eigenvalue weighted by Gasteiger charge is 2.17. The fourth-order valence-electron chi connectivity index (χ4n) is 2.03. The maximum absolute atomic E-state index is 12.4. The summed E-state index contributed by atoms with van der Waals surface area (Å²) in [4.78, 5) is 24.7. The number of para-hydroxylation sites is 1. The summed E-state index contributed by atoms with van der Waals surface area (Å²) in [6.07, 6.45) is 1.15. The predicted octanol–water partition coefficient (Wildman–Crippen LogP) is 0.958. The zero-order valence-corrected chi connectivity index (χ0v) is 11.6. The van der Waals surface area contributed by atoms with Crippen LogP contribution in [0.2, 0.25) is 0 Å². The summed E-state index contributed by atoms with van der Waals surface area (Å²) in [5, 5.41) is 16.3. The smallest absolute Gasteiger partial charge is 0.309 e. The van der Waals surface area contributed by atoms with Gasteiger partial charge in [-0.25, -0.2) is 4.68 Å². The Kier molecular flexibility index (Phi) is 4.65. The Balaban J connectivity index is 2.13. The van der Waals surface area contributed by atoms with Crippen LogP contribution in [-0.2, 0) is 22.6 Å². The standard InChI is InChI=1S/C14H16N4O3/c1-2-17(11-6-4-3-5-7-11)13(19)10-18-12(8-14(20)21)9-15-16-18/h3-7,9H,2,8,10H2,1H3,(H,20,21). The molecular weight excluding hydrogens is 272 g/mol. The molecule has 7 heteroatoms. The van der Waals surface area contributed by atoms with Crippen molar-refractivity contribution < 1.29 is 14.7 Å². The maximum atomic E-state index is 12.4. The third-order valence-electron chi connectivity index (χ3n) is 3.00. The fourth-order valence-corrected chi connectivity index (χ4v) is 2.03. The summed E-state index contributed by atoms with van der Waals surface area (Å²) in [6.45, 7) is 2.36. The van der Waals surface area contributed by atoms with E-state index in [9.17, 15) is 9.59 Å². The number of hydrogen-bond donors (Lipinski definition) is 1. The molecule has 0 aliphatic carbocycles. The van der Waals surface area contributed by atoms with Gasteiger partial charge in [-0.2, -0.15) is 0 Å². The van der Waals surface area contributed by atoms with E-state index in [1.807, 2.05) is 37.3 Å². The highest BCUT2D eigenvalue weighted by Crippen LogP contribution is 2.13. The van der Waals surface area contributed by atoms with Gasteiger partial charge in [0.05, 0.1) is 18.3 Å². The Morgan fingerprint density at radius 3 is 2.62 bits per heavy atom. The average Bonchev–Trinajstić information content (AvgIpc) is 2.87. The van der Waals surface area contributed by atoms with Crippen LogP contribution >= 0.6 is 0 Å². The molecule has 1 aromatic carbocycles. The molecule has 0 bridgehead atoms. The van der Waals surface area contributed by atoms with E-state index in [-0.39, 0.29) is 18.9 Å². The molecule has 0 aliphatic heterocycles. The molecule has 1 heterocycles. The second kappa shape index (κ2) is 6.65. The summed E-state index contributed by atoms with van der Waals surface area (Å²) in [6, 6.07) is 9.29. The van der Waals surface area contributed by atoms with E-state index in [0.29, 0.717) is 12.2 Å². The van der Waals surface area contributed by atoms with Crippen molar-refractivity contribution in [2.24, 2.45) is 0 Å². The average molecular weight is 288 g/mol. The van der Waals surface area contributed by atoms with E-state index in [0.717, 1.165) is 5.69 Å². The number of carboxylic acids is 1. The van der Waals surface area contributed by atoms with Crippen LogP contribution in [0, 0.1) is 0 Å². The lowest BCUT2D eigenvalue weighted by molar-refractivity contribution is -0.136. The van der Waals surface area contributed by atoms with E-state index in [4.69, 9.17) is 5.11 Å². The first-order valence-electron chi connectivity index (χ1n) is 6.56. The lowest BCUT2D eigenvalue weighted by Gasteiger charge is -2.21. The van der Waals surface area contributed by atoms with Gasteiger partial charge in [-0.1, -0.05) is 23.4 Å². The summed E-state index contributed by atoms with van der Waals surface area (Å²) in [5.41, 5.74) is 1.20. The SMILES string of the molecule is CCN(C(=O)Cn1nncc1CC(=O)O)c1ccccc1. The molecule has 0 unspecified atom stereocenters. The lowest BCUT2D eigenvalue weighted by atomic mass is 10.2. The van der Waals surface area contributed by atoms with Crippen molar-refractivity contribution in [2.75, 3.05) is 11.4 Å². The van der Waals surface area contributed by atoms with Gasteiger partial charge in [0, 0.05) is 12.2 Å². The van der Waals surface area contributed by atoms with Gasteiger partial charge in [0.25, 0.3) is 0 Å². The number of rotatable bonds is 6. The van der Waals surface area contributed by atoms with Gasteiger partial charge in [0.2, 0.25) is 5.91 Å². The van der Waals surface area contributed by atoms with Crippen LogP contribution in [0.3, 0.4) is 0 Å². The first kappa shape index (κ1) is 14.7. The maximum Gasteiger partial charge on any atom is 0.309 e. The van der Waals surface area contributed by atoms with E-state index < -0.39 is 5.97 Å². The quantitative estimate of drug-likeness (QED) is 0.855. The van der Waals surface area contributed by atoms with Crippen LogP contribution in [0.5, 0.6) is 0 Å². The Bertz CT molecular complexity index is 624. The summed E-state index contributed by atoms with van der Waals surface area (Å²) in [7, 11) is 0. The Hall–Kier alpha value is -2.70. The number of benzene rings is 1.